The fourth-order valence-corrected chi connectivity index (χ4v) is 3.96. The van der Waals surface area contributed by atoms with Crippen molar-refractivity contribution in [1.82, 2.24) is 10.2 Å². The van der Waals surface area contributed by atoms with Crippen molar-refractivity contribution < 1.29 is 14.3 Å². The van der Waals surface area contributed by atoms with Crippen LogP contribution < -0.4 is 10.1 Å². The maximum absolute atomic E-state index is 13.5. The van der Waals surface area contributed by atoms with E-state index in [0.29, 0.717) is 17.2 Å². The van der Waals surface area contributed by atoms with Crippen LogP contribution in [0.1, 0.15) is 25.0 Å². The van der Waals surface area contributed by atoms with Gasteiger partial charge in [-0.1, -0.05) is 76.1 Å². The van der Waals surface area contributed by atoms with E-state index in [4.69, 9.17) is 16.3 Å². The molecule has 0 saturated carbocycles. The summed E-state index contributed by atoms with van der Waals surface area (Å²) in [5, 5.41) is 3.51. The van der Waals surface area contributed by atoms with Gasteiger partial charge in [0, 0.05) is 28.5 Å². The minimum atomic E-state index is -0.734. The van der Waals surface area contributed by atoms with Crippen LogP contribution in [-0.2, 0) is 22.6 Å². The molecule has 0 saturated heterocycles. The molecule has 2 amide bonds. The van der Waals surface area contributed by atoms with Gasteiger partial charge in [-0.2, -0.15) is 0 Å². The molecule has 7 heteroatoms. The first-order valence-electron chi connectivity index (χ1n) is 11.1. The Labute approximate surface area is 214 Å². The zero-order chi connectivity index (χ0) is 24.5. The summed E-state index contributed by atoms with van der Waals surface area (Å²) in [6.07, 6.45) is 0.369. The Morgan fingerprint density at radius 3 is 2.26 bits per heavy atom. The molecule has 3 aromatic carbocycles. The van der Waals surface area contributed by atoms with Crippen LogP contribution in [0.5, 0.6) is 5.75 Å². The summed E-state index contributed by atoms with van der Waals surface area (Å²) in [6.45, 7) is 3.78. The number of hydrogen-bond acceptors (Lipinski definition) is 3. The van der Waals surface area contributed by atoms with Gasteiger partial charge in [0.2, 0.25) is 5.91 Å². The van der Waals surface area contributed by atoms with Gasteiger partial charge in [0.1, 0.15) is 11.8 Å². The molecule has 0 aliphatic heterocycles. The smallest absolute Gasteiger partial charge is 0.261 e. The minimum Gasteiger partial charge on any atom is -0.484 e. The summed E-state index contributed by atoms with van der Waals surface area (Å²) in [4.78, 5) is 28.4. The fourth-order valence-electron chi connectivity index (χ4n) is 3.50. The highest BCUT2D eigenvalue weighted by Crippen LogP contribution is 2.21. The van der Waals surface area contributed by atoms with Gasteiger partial charge in [0.15, 0.2) is 6.61 Å². The number of halogens is 2. The van der Waals surface area contributed by atoms with E-state index in [-0.39, 0.29) is 31.0 Å². The Hall–Kier alpha value is -2.83. The molecule has 1 unspecified atom stereocenters. The lowest BCUT2D eigenvalue weighted by molar-refractivity contribution is -0.143. The Morgan fingerprint density at radius 1 is 0.971 bits per heavy atom. The molecule has 1 N–H and O–H groups in total. The lowest BCUT2D eigenvalue weighted by Crippen LogP contribution is -2.52. The summed E-state index contributed by atoms with van der Waals surface area (Å²) >= 11 is 9.81. The first-order chi connectivity index (χ1) is 16.3. The third kappa shape index (κ3) is 7.61. The number of carbonyl (C=O) groups excluding carboxylic acids is 2. The molecule has 5 nitrogen and oxygen atoms in total. The average molecular weight is 544 g/mol. The van der Waals surface area contributed by atoms with E-state index in [9.17, 15) is 9.59 Å². The second-order valence-electron chi connectivity index (χ2n) is 8.22. The number of rotatable bonds is 10. The number of benzene rings is 3. The molecule has 0 spiro atoms. The van der Waals surface area contributed by atoms with E-state index < -0.39 is 6.04 Å². The van der Waals surface area contributed by atoms with Crippen molar-refractivity contribution in [3.05, 3.63) is 99.5 Å². The Morgan fingerprint density at radius 2 is 1.62 bits per heavy atom. The highest BCUT2D eigenvalue weighted by Gasteiger charge is 2.31. The van der Waals surface area contributed by atoms with Gasteiger partial charge < -0.3 is 15.0 Å². The average Bonchev–Trinajstić information content (AvgIpc) is 2.82. The molecule has 34 heavy (non-hydrogen) atoms. The summed E-state index contributed by atoms with van der Waals surface area (Å²) < 4.78 is 6.67. The van der Waals surface area contributed by atoms with E-state index in [1.807, 2.05) is 74.5 Å². The number of amides is 2. The van der Waals surface area contributed by atoms with Crippen LogP contribution in [0.15, 0.2) is 83.3 Å². The summed E-state index contributed by atoms with van der Waals surface area (Å²) in [7, 11) is 0. The largest absolute Gasteiger partial charge is 0.484 e. The Bertz CT molecular complexity index is 1090. The maximum atomic E-state index is 13.5. The normalized spacial score (nSPS) is 11.7. The van der Waals surface area contributed by atoms with E-state index in [0.717, 1.165) is 15.6 Å². The van der Waals surface area contributed by atoms with Gasteiger partial charge in [-0.25, -0.2) is 0 Å². The Kier molecular flexibility index (Phi) is 9.54. The van der Waals surface area contributed by atoms with E-state index in [1.165, 1.54) is 0 Å². The number of carbonyl (C=O) groups is 2. The first kappa shape index (κ1) is 25.8. The monoisotopic (exact) mass is 542 g/mol. The topological polar surface area (TPSA) is 58.6 Å². The molecule has 0 heterocycles. The van der Waals surface area contributed by atoms with Crippen LogP contribution in [-0.4, -0.2) is 35.4 Å². The quantitative estimate of drug-likeness (QED) is 0.360. The predicted molar refractivity (Wildman–Crippen MR) is 139 cm³/mol. The molecular weight excluding hydrogens is 516 g/mol. The Balaban J connectivity index is 1.91. The summed E-state index contributed by atoms with van der Waals surface area (Å²) in [5.74, 6) is 0.0473. The van der Waals surface area contributed by atoms with Gasteiger partial charge >= 0.3 is 0 Å². The predicted octanol–water partition coefficient (Wildman–Crippen LogP) is 5.65. The number of nitrogens with zero attached hydrogens (tertiary/aromatic N) is 1. The molecule has 178 valence electrons. The van der Waals surface area contributed by atoms with Crippen LogP contribution in [0.3, 0.4) is 0 Å². The van der Waals surface area contributed by atoms with Crippen LogP contribution in [0.4, 0.5) is 0 Å². The lowest BCUT2D eigenvalue weighted by atomic mass is 10.0. The van der Waals surface area contributed by atoms with Crippen LogP contribution in [0.25, 0.3) is 0 Å². The molecule has 0 aromatic heterocycles. The first-order valence-corrected chi connectivity index (χ1v) is 12.3. The molecule has 3 aromatic rings. The van der Waals surface area contributed by atoms with Gasteiger partial charge in [0.25, 0.3) is 5.91 Å². The highest BCUT2D eigenvalue weighted by molar-refractivity contribution is 9.10. The van der Waals surface area contributed by atoms with Crippen molar-refractivity contribution in [2.24, 2.45) is 0 Å². The molecular formula is C27H28BrClN2O3. The van der Waals surface area contributed by atoms with Crippen LogP contribution >= 0.6 is 27.5 Å². The number of nitrogens with one attached hydrogen (secondary N) is 1. The van der Waals surface area contributed by atoms with E-state index in [2.05, 4.69) is 21.2 Å². The van der Waals surface area contributed by atoms with Crippen molar-refractivity contribution in [3.8, 4) is 5.75 Å². The maximum Gasteiger partial charge on any atom is 0.261 e. The van der Waals surface area contributed by atoms with E-state index >= 15 is 0 Å². The van der Waals surface area contributed by atoms with Crippen molar-refractivity contribution in [3.63, 3.8) is 0 Å². The molecule has 0 aliphatic rings. The molecule has 0 bridgehead atoms. The molecule has 0 fully saturated rings. The van der Waals surface area contributed by atoms with Crippen LogP contribution in [0, 0.1) is 0 Å². The second-order valence-corrected chi connectivity index (χ2v) is 9.55. The second kappa shape index (κ2) is 12.6. The van der Waals surface area contributed by atoms with Crippen molar-refractivity contribution in [2.75, 3.05) is 6.61 Å². The number of ether oxygens (including phenoxy) is 1. The SMILES string of the molecule is CC(C)NC(=O)C(Cc1ccccc1)N(Cc1ccccc1Cl)C(=O)COc1ccc(Br)cc1. The minimum absolute atomic E-state index is 0.0675. The fraction of sp³-hybridized carbons (Fsp3) is 0.259. The summed E-state index contributed by atoms with van der Waals surface area (Å²) in [6, 6.07) is 23.4. The van der Waals surface area contributed by atoms with Gasteiger partial charge in [0.05, 0.1) is 0 Å². The third-order valence-corrected chi connectivity index (χ3v) is 6.07. The van der Waals surface area contributed by atoms with Crippen molar-refractivity contribution in [2.45, 2.75) is 38.9 Å². The standard InChI is InChI=1S/C27H28BrClN2O3/c1-19(2)30-27(33)25(16-20-8-4-3-5-9-20)31(17-21-10-6-7-11-24(21)29)26(32)18-34-23-14-12-22(28)13-15-23/h3-15,19,25H,16-18H2,1-2H3,(H,30,33). The van der Waals surface area contributed by atoms with Gasteiger partial charge in [-0.15, -0.1) is 0 Å². The molecule has 3 rings (SSSR count). The zero-order valence-corrected chi connectivity index (χ0v) is 21.6. The zero-order valence-electron chi connectivity index (χ0n) is 19.2. The van der Waals surface area contributed by atoms with Crippen molar-refractivity contribution >= 4 is 39.3 Å². The van der Waals surface area contributed by atoms with E-state index in [1.54, 1.807) is 23.1 Å². The van der Waals surface area contributed by atoms with Gasteiger partial charge in [-0.05, 0) is 55.3 Å². The van der Waals surface area contributed by atoms with Crippen LogP contribution in [0.2, 0.25) is 5.02 Å². The number of hydrogen-bond donors (Lipinski definition) is 1. The third-order valence-electron chi connectivity index (χ3n) is 5.18. The van der Waals surface area contributed by atoms with Gasteiger partial charge in [-0.3, -0.25) is 9.59 Å². The highest BCUT2D eigenvalue weighted by atomic mass is 79.9. The van der Waals surface area contributed by atoms with Crippen molar-refractivity contribution in [1.29, 1.82) is 0 Å². The molecule has 1 atom stereocenters. The molecule has 0 aliphatic carbocycles. The summed E-state index contributed by atoms with van der Waals surface area (Å²) in [5.41, 5.74) is 1.72. The lowest BCUT2D eigenvalue weighted by Gasteiger charge is -2.32. The molecule has 0 radical (unpaired) electrons.